The van der Waals surface area contributed by atoms with Gasteiger partial charge in [0.2, 0.25) is 6.20 Å². The molecule has 0 unspecified atom stereocenters. The first kappa shape index (κ1) is 18.7. The lowest BCUT2D eigenvalue weighted by Gasteiger charge is -2.09. The molecule has 0 aliphatic rings. The van der Waals surface area contributed by atoms with Gasteiger partial charge in [-0.3, -0.25) is 9.63 Å². The SMILES string of the molecule is COc1cc(-c2cccc(C(=O)NCc3cccc[n+]3OC)c2)ccc1Cl. The Balaban J connectivity index is 1.78. The van der Waals surface area contributed by atoms with Crippen LogP contribution in [-0.4, -0.2) is 20.1 Å². The summed E-state index contributed by atoms with van der Waals surface area (Å²) in [5.74, 6) is 0.432. The monoisotopic (exact) mass is 383 g/mol. The summed E-state index contributed by atoms with van der Waals surface area (Å²) in [7, 11) is 3.15. The van der Waals surface area contributed by atoms with Crippen molar-refractivity contribution in [1.82, 2.24) is 5.32 Å². The number of nitrogens with zero attached hydrogens (tertiary/aromatic N) is 1. The zero-order valence-corrected chi connectivity index (χ0v) is 15.9. The van der Waals surface area contributed by atoms with Crippen molar-refractivity contribution in [1.29, 1.82) is 0 Å². The summed E-state index contributed by atoms with van der Waals surface area (Å²) in [5, 5.41) is 3.46. The first-order valence-electron chi connectivity index (χ1n) is 8.38. The molecule has 5 nitrogen and oxygen atoms in total. The molecule has 0 atom stereocenters. The molecule has 27 heavy (non-hydrogen) atoms. The number of carbonyl (C=O) groups excluding carboxylic acids is 1. The van der Waals surface area contributed by atoms with Crippen LogP contribution in [-0.2, 0) is 6.54 Å². The van der Waals surface area contributed by atoms with Gasteiger partial charge in [-0.25, -0.2) is 0 Å². The van der Waals surface area contributed by atoms with Crippen molar-refractivity contribution in [3.63, 3.8) is 0 Å². The van der Waals surface area contributed by atoms with Crippen molar-refractivity contribution < 1.29 is 19.1 Å². The highest BCUT2D eigenvalue weighted by Crippen LogP contribution is 2.30. The Labute approximate surface area is 163 Å². The molecule has 0 spiro atoms. The molecule has 1 heterocycles. The molecule has 6 heteroatoms. The number of pyridine rings is 1. The molecule has 1 N–H and O–H groups in total. The lowest BCUT2D eigenvalue weighted by Crippen LogP contribution is -2.45. The van der Waals surface area contributed by atoms with Crippen LogP contribution in [0.25, 0.3) is 11.1 Å². The van der Waals surface area contributed by atoms with E-state index in [2.05, 4.69) is 5.32 Å². The third kappa shape index (κ3) is 4.38. The molecule has 0 aliphatic heterocycles. The Hall–Kier alpha value is -3.05. The maximum atomic E-state index is 12.6. The van der Waals surface area contributed by atoms with Crippen molar-refractivity contribution in [2.45, 2.75) is 6.54 Å². The molecule has 0 fully saturated rings. The number of halogens is 1. The minimum atomic E-state index is -0.163. The molecular weight excluding hydrogens is 364 g/mol. The Kier molecular flexibility index (Phi) is 5.94. The highest BCUT2D eigenvalue weighted by atomic mass is 35.5. The maximum Gasteiger partial charge on any atom is 0.253 e. The third-order valence-corrected chi connectivity index (χ3v) is 4.45. The number of methoxy groups -OCH3 is 1. The van der Waals surface area contributed by atoms with Gasteiger partial charge in [-0.2, -0.15) is 0 Å². The van der Waals surface area contributed by atoms with Crippen molar-refractivity contribution in [2.24, 2.45) is 0 Å². The van der Waals surface area contributed by atoms with Crippen LogP contribution in [0.1, 0.15) is 16.1 Å². The molecule has 0 aliphatic carbocycles. The molecule has 3 aromatic rings. The third-order valence-electron chi connectivity index (χ3n) is 4.14. The number of hydrogen-bond acceptors (Lipinski definition) is 3. The van der Waals surface area contributed by atoms with Crippen LogP contribution in [0.4, 0.5) is 0 Å². The fraction of sp³-hybridized carbons (Fsp3) is 0.143. The summed E-state index contributed by atoms with van der Waals surface area (Å²) in [6.45, 7) is 0.354. The van der Waals surface area contributed by atoms with E-state index in [0.717, 1.165) is 16.8 Å². The van der Waals surface area contributed by atoms with Crippen molar-refractivity contribution in [3.05, 3.63) is 83.1 Å². The van der Waals surface area contributed by atoms with E-state index >= 15 is 0 Å². The molecule has 1 amide bonds. The highest BCUT2D eigenvalue weighted by molar-refractivity contribution is 6.32. The lowest BCUT2D eigenvalue weighted by atomic mass is 10.0. The van der Waals surface area contributed by atoms with Crippen molar-refractivity contribution in [3.8, 4) is 16.9 Å². The van der Waals surface area contributed by atoms with Crippen LogP contribution in [0, 0.1) is 0 Å². The van der Waals surface area contributed by atoms with E-state index in [4.69, 9.17) is 21.2 Å². The lowest BCUT2D eigenvalue weighted by molar-refractivity contribution is -0.890. The van der Waals surface area contributed by atoms with E-state index in [9.17, 15) is 4.79 Å². The van der Waals surface area contributed by atoms with Gasteiger partial charge in [-0.1, -0.05) is 29.8 Å². The Morgan fingerprint density at radius 3 is 2.63 bits per heavy atom. The Morgan fingerprint density at radius 1 is 1.04 bits per heavy atom. The molecular formula is C21H20ClN2O3+. The standard InChI is InChI=1S/C21H19ClN2O3/c1-26-20-13-16(9-10-19(20)22)15-6-5-7-17(12-15)21(25)23-14-18-8-3-4-11-24(18)27-2/h3-13H,14H2,1-2H3/p+1. The van der Waals surface area contributed by atoms with Crippen molar-refractivity contribution in [2.75, 3.05) is 14.2 Å². The first-order chi connectivity index (χ1) is 13.1. The Morgan fingerprint density at radius 2 is 1.85 bits per heavy atom. The second-order valence-electron chi connectivity index (χ2n) is 5.81. The van der Waals surface area contributed by atoms with E-state index < -0.39 is 0 Å². The number of aromatic nitrogens is 1. The number of benzene rings is 2. The summed E-state index contributed by atoms with van der Waals surface area (Å²) in [5.41, 5.74) is 3.24. The fourth-order valence-corrected chi connectivity index (χ4v) is 2.93. The van der Waals surface area contributed by atoms with Crippen LogP contribution in [0.2, 0.25) is 5.02 Å². The minimum absolute atomic E-state index is 0.163. The molecule has 0 radical (unpaired) electrons. The Bertz CT molecular complexity index is 960. The molecule has 3 rings (SSSR count). The van der Waals surface area contributed by atoms with Gasteiger partial charge in [0.15, 0.2) is 0 Å². The van der Waals surface area contributed by atoms with Crippen LogP contribution in [0.3, 0.4) is 0 Å². The minimum Gasteiger partial charge on any atom is -0.495 e. The number of rotatable bonds is 6. The van der Waals surface area contributed by atoms with Gasteiger partial charge in [0.25, 0.3) is 11.6 Å². The van der Waals surface area contributed by atoms with Gasteiger partial charge in [-0.15, -0.1) is 0 Å². The highest BCUT2D eigenvalue weighted by Gasteiger charge is 2.13. The summed E-state index contributed by atoms with van der Waals surface area (Å²) < 4.78 is 6.88. The molecule has 1 aromatic heterocycles. The fourth-order valence-electron chi connectivity index (χ4n) is 2.73. The normalized spacial score (nSPS) is 10.3. The predicted molar refractivity (Wildman–Crippen MR) is 104 cm³/mol. The largest absolute Gasteiger partial charge is 0.495 e. The van der Waals surface area contributed by atoms with E-state index in [1.165, 1.54) is 0 Å². The average Bonchev–Trinajstić information content (AvgIpc) is 2.72. The summed E-state index contributed by atoms with van der Waals surface area (Å²) in [6, 6.07) is 18.6. The smallest absolute Gasteiger partial charge is 0.253 e. The van der Waals surface area contributed by atoms with Gasteiger partial charge in [-0.05, 0) is 41.5 Å². The molecule has 0 bridgehead atoms. The molecule has 0 saturated heterocycles. The quantitative estimate of drug-likeness (QED) is 0.664. The number of carbonyl (C=O) groups is 1. The first-order valence-corrected chi connectivity index (χ1v) is 8.76. The van der Waals surface area contributed by atoms with Gasteiger partial charge in [0, 0.05) is 22.4 Å². The van der Waals surface area contributed by atoms with E-state index in [1.807, 2.05) is 48.5 Å². The number of nitrogens with one attached hydrogen (secondary N) is 1. The van der Waals surface area contributed by atoms with Gasteiger partial charge in [0.05, 0.1) is 12.1 Å². The molecule has 2 aromatic carbocycles. The summed E-state index contributed by atoms with van der Waals surface area (Å²) in [6.07, 6.45) is 1.79. The number of amides is 1. The number of ether oxygens (including phenoxy) is 1. The van der Waals surface area contributed by atoms with Crippen LogP contribution in [0.5, 0.6) is 5.75 Å². The van der Waals surface area contributed by atoms with Gasteiger partial charge in [0.1, 0.15) is 19.4 Å². The number of hydrogen-bond donors (Lipinski definition) is 1. The van der Waals surface area contributed by atoms with E-state index in [-0.39, 0.29) is 5.91 Å². The van der Waals surface area contributed by atoms with Crippen LogP contribution >= 0.6 is 11.6 Å². The van der Waals surface area contributed by atoms with E-state index in [1.54, 1.807) is 37.3 Å². The maximum absolute atomic E-state index is 12.6. The topological polar surface area (TPSA) is 51.4 Å². The van der Waals surface area contributed by atoms with Crippen LogP contribution < -0.4 is 19.6 Å². The predicted octanol–water partition coefficient (Wildman–Crippen LogP) is 3.29. The summed E-state index contributed by atoms with van der Waals surface area (Å²) in [4.78, 5) is 17.8. The van der Waals surface area contributed by atoms with Gasteiger partial charge >= 0.3 is 0 Å². The average molecular weight is 384 g/mol. The molecule has 138 valence electrons. The van der Waals surface area contributed by atoms with Crippen molar-refractivity contribution >= 4 is 17.5 Å². The van der Waals surface area contributed by atoms with Gasteiger partial charge < -0.3 is 10.1 Å². The van der Waals surface area contributed by atoms with E-state index in [0.29, 0.717) is 22.9 Å². The second kappa shape index (κ2) is 8.56. The zero-order valence-electron chi connectivity index (χ0n) is 15.1. The molecule has 0 saturated carbocycles. The summed E-state index contributed by atoms with van der Waals surface area (Å²) >= 11 is 6.09. The van der Waals surface area contributed by atoms with Crippen LogP contribution in [0.15, 0.2) is 66.9 Å². The zero-order chi connectivity index (χ0) is 19.2. The second-order valence-corrected chi connectivity index (χ2v) is 6.22.